The van der Waals surface area contributed by atoms with Crippen molar-refractivity contribution in [2.24, 2.45) is 5.92 Å². The average molecular weight is 235 g/mol. The number of methoxy groups -OCH3 is 1. The van der Waals surface area contributed by atoms with Gasteiger partial charge < -0.3 is 14.8 Å². The molecule has 2 rings (SSSR count). The molecule has 1 unspecified atom stereocenters. The third-order valence-electron chi connectivity index (χ3n) is 2.95. The van der Waals surface area contributed by atoms with Crippen molar-refractivity contribution in [2.75, 3.05) is 20.3 Å². The van der Waals surface area contributed by atoms with E-state index in [9.17, 15) is 4.79 Å². The zero-order valence-electron chi connectivity index (χ0n) is 9.94. The van der Waals surface area contributed by atoms with Gasteiger partial charge in [-0.15, -0.1) is 0 Å². The van der Waals surface area contributed by atoms with Crippen LogP contribution in [0.25, 0.3) is 0 Å². The van der Waals surface area contributed by atoms with Crippen LogP contribution < -0.4 is 10.1 Å². The maximum Gasteiger partial charge on any atom is 0.225 e. The lowest BCUT2D eigenvalue weighted by Gasteiger charge is -2.11. The van der Waals surface area contributed by atoms with Crippen molar-refractivity contribution in [2.45, 2.75) is 13.0 Å². The third kappa shape index (κ3) is 2.97. The number of ether oxygens (including phenoxy) is 2. The second kappa shape index (κ2) is 5.68. The van der Waals surface area contributed by atoms with E-state index >= 15 is 0 Å². The minimum absolute atomic E-state index is 0.00436. The first-order valence-corrected chi connectivity index (χ1v) is 5.78. The van der Waals surface area contributed by atoms with E-state index in [0.717, 1.165) is 17.7 Å². The predicted molar refractivity (Wildman–Crippen MR) is 63.8 cm³/mol. The van der Waals surface area contributed by atoms with Gasteiger partial charge in [-0.3, -0.25) is 4.79 Å². The highest BCUT2D eigenvalue weighted by Gasteiger charge is 2.23. The van der Waals surface area contributed by atoms with Gasteiger partial charge in [-0.25, -0.2) is 0 Å². The summed E-state index contributed by atoms with van der Waals surface area (Å²) < 4.78 is 10.4. The van der Waals surface area contributed by atoms with Crippen LogP contribution in [0.5, 0.6) is 5.75 Å². The van der Waals surface area contributed by atoms with Gasteiger partial charge in [0.25, 0.3) is 0 Å². The van der Waals surface area contributed by atoms with E-state index in [1.165, 1.54) is 0 Å². The maximum absolute atomic E-state index is 11.8. The molecule has 0 aliphatic carbocycles. The molecule has 1 aliphatic rings. The molecule has 92 valence electrons. The fourth-order valence-corrected chi connectivity index (χ4v) is 1.92. The standard InChI is InChI=1S/C13H17NO3/c1-16-12-5-3-2-4-10(12)8-14-13(15)11-6-7-17-9-11/h2-5,11H,6-9H2,1H3,(H,14,15). The average Bonchev–Trinajstić information content (AvgIpc) is 2.90. The van der Waals surface area contributed by atoms with Crippen LogP contribution in [0.1, 0.15) is 12.0 Å². The topological polar surface area (TPSA) is 47.6 Å². The molecule has 1 atom stereocenters. The molecule has 1 fully saturated rings. The molecule has 0 saturated carbocycles. The van der Waals surface area contributed by atoms with Crippen LogP contribution in [0, 0.1) is 5.92 Å². The van der Waals surface area contributed by atoms with E-state index in [4.69, 9.17) is 9.47 Å². The van der Waals surface area contributed by atoms with Gasteiger partial charge in [0, 0.05) is 18.7 Å². The summed E-state index contributed by atoms with van der Waals surface area (Å²) in [5, 5.41) is 2.92. The van der Waals surface area contributed by atoms with Crippen molar-refractivity contribution in [3.8, 4) is 5.75 Å². The molecule has 1 amide bonds. The van der Waals surface area contributed by atoms with Crippen LogP contribution in [0.15, 0.2) is 24.3 Å². The molecule has 1 saturated heterocycles. The number of rotatable bonds is 4. The van der Waals surface area contributed by atoms with Gasteiger partial charge in [0.2, 0.25) is 5.91 Å². The number of carbonyl (C=O) groups excluding carboxylic acids is 1. The number of hydrogen-bond donors (Lipinski definition) is 1. The summed E-state index contributed by atoms with van der Waals surface area (Å²) >= 11 is 0. The van der Waals surface area contributed by atoms with Crippen molar-refractivity contribution < 1.29 is 14.3 Å². The Kier molecular flexibility index (Phi) is 3.98. The van der Waals surface area contributed by atoms with Crippen molar-refractivity contribution in [3.05, 3.63) is 29.8 Å². The van der Waals surface area contributed by atoms with Crippen LogP contribution >= 0.6 is 0 Å². The van der Waals surface area contributed by atoms with Gasteiger partial charge >= 0.3 is 0 Å². The highest BCUT2D eigenvalue weighted by Crippen LogP contribution is 2.17. The quantitative estimate of drug-likeness (QED) is 0.857. The molecule has 1 aromatic carbocycles. The van der Waals surface area contributed by atoms with E-state index in [-0.39, 0.29) is 11.8 Å². The highest BCUT2D eigenvalue weighted by molar-refractivity contribution is 5.79. The Morgan fingerprint density at radius 2 is 2.35 bits per heavy atom. The summed E-state index contributed by atoms with van der Waals surface area (Å²) in [7, 11) is 1.63. The SMILES string of the molecule is COc1ccccc1CNC(=O)C1CCOC1. The smallest absolute Gasteiger partial charge is 0.225 e. The second-order valence-electron chi connectivity index (χ2n) is 4.09. The van der Waals surface area contributed by atoms with Crippen LogP contribution in [-0.2, 0) is 16.1 Å². The molecular weight excluding hydrogens is 218 g/mol. The fraction of sp³-hybridized carbons (Fsp3) is 0.462. The lowest BCUT2D eigenvalue weighted by molar-refractivity contribution is -0.125. The number of nitrogens with one attached hydrogen (secondary N) is 1. The third-order valence-corrected chi connectivity index (χ3v) is 2.95. The van der Waals surface area contributed by atoms with Gasteiger partial charge in [0.05, 0.1) is 19.6 Å². The van der Waals surface area contributed by atoms with Crippen molar-refractivity contribution >= 4 is 5.91 Å². The van der Waals surface area contributed by atoms with Gasteiger partial charge in [-0.1, -0.05) is 18.2 Å². The van der Waals surface area contributed by atoms with E-state index in [1.807, 2.05) is 24.3 Å². The summed E-state index contributed by atoms with van der Waals surface area (Å²) in [4.78, 5) is 11.8. The van der Waals surface area contributed by atoms with Gasteiger partial charge in [-0.2, -0.15) is 0 Å². The Morgan fingerprint density at radius 3 is 3.06 bits per heavy atom. The van der Waals surface area contributed by atoms with Gasteiger partial charge in [0.15, 0.2) is 0 Å². The van der Waals surface area contributed by atoms with Crippen LogP contribution in [0.3, 0.4) is 0 Å². The zero-order valence-corrected chi connectivity index (χ0v) is 9.94. The van der Waals surface area contributed by atoms with Gasteiger partial charge in [0.1, 0.15) is 5.75 Å². The normalized spacial score (nSPS) is 19.0. The molecule has 4 nitrogen and oxygen atoms in total. The minimum Gasteiger partial charge on any atom is -0.496 e. The summed E-state index contributed by atoms with van der Waals surface area (Å²) in [5.41, 5.74) is 0.988. The molecule has 1 aromatic rings. The summed E-state index contributed by atoms with van der Waals surface area (Å²) in [6.45, 7) is 1.73. The summed E-state index contributed by atoms with van der Waals surface area (Å²) in [5.74, 6) is 0.869. The molecular formula is C13H17NO3. The van der Waals surface area contributed by atoms with Crippen molar-refractivity contribution in [1.82, 2.24) is 5.32 Å². The number of hydrogen-bond acceptors (Lipinski definition) is 3. The zero-order chi connectivity index (χ0) is 12.1. The van der Waals surface area contributed by atoms with E-state index in [2.05, 4.69) is 5.32 Å². The highest BCUT2D eigenvalue weighted by atomic mass is 16.5. The summed E-state index contributed by atoms with van der Waals surface area (Å²) in [6.07, 6.45) is 0.817. The van der Waals surface area contributed by atoms with Gasteiger partial charge in [-0.05, 0) is 12.5 Å². The molecule has 4 heteroatoms. The fourth-order valence-electron chi connectivity index (χ4n) is 1.92. The number of para-hydroxylation sites is 1. The maximum atomic E-state index is 11.8. The van der Waals surface area contributed by atoms with Crippen molar-refractivity contribution in [1.29, 1.82) is 0 Å². The molecule has 0 spiro atoms. The van der Waals surface area contributed by atoms with Crippen LogP contribution in [0.2, 0.25) is 0 Å². The molecule has 0 bridgehead atoms. The Morgan fingerprint density at radius 1 is 1.53 bits per heavy atom. The first-order chi connectivity index (χ1) is 8.31. The Bertz CT molecular complexity index is 386. The van der Waals surface area contributed by atoms with E-state index < -0.39 is 0 Å². The van der Waals surface area contributed by atoms with Crippen LogP contribution in [0.4, 0.5) is 0 Å². The molecule has 1 aliphatic heterocycles. The summed E-state index contributed by atoms with van der Waals surface area (Å²) in [6, 6.07) is 7.68. The molecule has 1 N–H and O–H groups in total. The molecule has 0 aromatic heterocycles. The van der Waals surface area contributed by atoms with E-state index in [1.54, 1.807) is 7.11 Å². The predicted octanol–water partition coefficient (Wildman–Crippen LogP) is 1.35. The lowest BCUT2D eigenvalue weighted by atomic mass is 10.1. The Hall–Kier alpha value is -1.55. The number of carbonyl (C=O) groups is 1. The second-order valence-corrected chi connectivity index (χ2v) is 4.09. The monoisotopic (exact) mass is 235 g/mol. The first kappa shape index (κ1) is 11.9. The Balaban J connectivity index is 1.90. The van der Waals surface area contributed by atoms with E-state index in [0.29, 0.717) is 19.8 Å². The lowest BCUT2D eigenvalue weighted by Crippen LogP contribution is -2.30. The number of benzene rings is 1. The first-order valence-electron chi connectivity index (χ1n) is 5.78. The van der Waals surface area contributed by atoms with Crippen LogP contribution in [-0.4, -0.2) is 26.2 Å². The molecule has 17 heavy (non-hydrogen) atoms. The Labute approximate surface area is 101 Å². The minimum atomic E-state index is 0.00436. The largest absolute Gasteiger partial charge is 0.496 e. The van der Waals surface area contributed by atoms with Crippen molar-refractivity contribution in [3.63, 3.8) is 0 Å². The molecule has 0 radical (unpaired) electrons. The number of amides is 1. The molecule has 1 heterocycles.